The molecule has 2 unspecified atom stereocenters. The fourth-order valence-corrected chi connectivity index (χ4v) is 1.59. The summed E-state index contributed by atoms with van der Waals surface area (Å²) in [4.78, 5) is 35.4. The average molecular weight is 355 g/mol. The van der Waals surface area contributed by atoms with Gasteiger partial charge in [0.2, 0.25) is 0 Å². The van der Waals surface area contributed by atoms with Crippen molar-refractivity contribution in [3.05, 3.63) is 0 Å². The van der Waals surface area contributed by atoms with Crippen molar-refractivity contribution in [3.63, 3.8) is 0 Å². The molecular weight excluding hydrogens is 331 g/mol. The lowest BCUT2D eigenvalue weighted by molar-refractivity contribution is -0.190. The zero-order chi connectivity index (χ0) is 19.1. The van der Waals surface area contributed by atoms with E-state index in [1.807, 2.05) is 0 Å². The van der Waals surface area contributed by atoms with Gasteiger partial charge in [0.1, 0.15) is 6.04 Å². The van der Waals surface area contributed by atoms with E-state index in [1.165, 1.54) is 0 Å². The molecule has 3 atom stereocenters. The molecule has 24 heavy (non-hydrogen) atoms. The summed E-state index contributed by atoms with van der Waals surface area (Å²) in [5.74, 6) is -4.19. The standard InChI is InChI=1S/C15H24F3NO5/c1-6-9(3)23-12(20)8-11(13(21)24-10(4)7-2)19(5)14(22)15(16,17)18/h9-11H,6-8H2,1-5H3/t9?,10?,11-/m0/s1. The molecule has 9 heteroatoms. The lowest BCUT2D eigenvalue weighted by atomic mass is 10.1. The van der Waals surface area contributed by atoms with Crippen LogP contribution in [0.25, 0.3) is 0 Å². The van der Waals surface area contributed by atoms with Crippen molar-refractivity contribution in [3.8, 4) is 0 Å². The largest absolute Gasteiger partial charge is 0.471 e. The van der Waals surface area contributed by atoms with Gasteiger partial charge in [-0.2, -0.15) is 13.2 Å². The highest BCUT2D eigenvalue weighted by Gasteiger charge is 2.45. The molecule has 0 heterocycles. The van der Waals surface area contributed by atoms with Crippen molar-refractivity contribution in [2.75, 3.05) is 7.05 Å². The quantitative estimate of drug-likeness (QED) is 0.626. The highest BCUT2D eigenvalue weighted by Crippen LogP contribution is 2.21. The number of likely N-dealkylation sites (N-methyl/N-ethyl adjacent to an activating group) is 1. The second-order valence-electron chi connectivity index (χ2n) is 5.50. The molecule has 0 radical (unpaired) electrons. The van der Waals surface area contributed by atoms with Crippen LogP contribution >= 0.6 is 0 Å². The van der Waals surface area contributed by atoms with Crippen LogP contribution in [0.3, 0.4) is 0 Å². The van der Waals surface area contributed by atoms with Crippen molar-refractivity contribution in [1.29, 1.82) is 0 Å². The van der Waals surface area contributed by atoms with Crippen LogP contribution in [-0.2, 0) is 23.9 Å². The van der Waals surface area contributed by atoms with Crippen LogP contribution in [0.15, 0.2) is 0 Å². The van der Waals surface area contributed by atoms with Gasteiger partial charge in [-0.25, -0.2) is 4.79 Å². The van der Waals surface area contributed by atoms with Gasteiger partial charge < -0.3 is 14.4 Å². The van der Waals surface area contributed by atoms with Crippen molar-refractivity contribution in [2.24, 2.45) is 0 Å². The number of halogens is 3. The van der Waals surface area contributed by atoms with Crippen LogP contribution in [0.2, 0.25) is 0 Å². The number of carbonyl (C=O) groups excluding carboxylic acids is 3. The molecule has 0 rings (SSSR count). The third-order valence-corrected chi connectivity index (χ3v) is 3.46. The number of amides is 1. The number of nitrogens with zero attached hydrogens (tertiary/aromatic N) is 1. The molecular formula is C15H24F3NO5. The summed E-state index contributed by atoms with van der Waals surface area (Å²) in [6.07, 6.45) is -5.94. The monoisotopic (exact) mass is 355 g/mol. The molecule has 0 spiro atoms. The zero-order valence-electron chi connectivity index (χ0n) is 14.5. The van der Waals surface area contributed by atoms with Crippen LogP contribution in [0, 0.1) is 0 Å². The van der Waals surface area contributed by atoms with Gasteiger partial charge in [-0.1, -0.05) is 13.8 Å². The van der Waals surface area contributed by atoms with E-state index < -0.39 is 48.7 Å². The minimum Gasteiger partial charge on any atom is -0.463 e. The van der Waals surface area contributed by atoms with E-state index >= 15 is 0 Å². The van der Waals surface area contributed by atoms with Gasteiger partial charge in [0.15, 0.2) is 0 Å². The Balaban J connectivity index is 5.25. The first kappa shape index (κ1) is 22.2. The van der Waals surface area contributed by atoms with E-state index in [0.29, 0.717) is 12.8 Å². The smallest absolute Gasteiger partial charge is 0.463 e. The fourth-order valence-electron chi connectivity index (χ4n) is 1.59. The van der Waals surface area contributed by atoms with Crippen molar-refractivity contribution >= 4 is 17.8 Å². The Labute approximate surface area is 139 Å². The third-order valence-electron chi connectivity index (χ3n) is 3.46. The second-order valence-corrected chi connectivity index (χ2v) is 5.50. The molecule has 0 aromatic heterocycles. The molecule has 6 nitrogen and oxygen atoms in total. The molecule has 0 aliphatic heterocycles. The molecule has 140 valence electrons. The first-order valence-electron chi connectivity index (χ1n) is 7.67. The summed E-state index contributed by atoms with van der Waals surface area (Å²) in [6, 6.07) is -1.70. The molecule has 0 bridgehead atoms. The predicted octanol–water partition coefficient (Wildman–Crippen LogP) is 2.45. The van der Waals surface area contributed by atoms with E-state index in [-0.39, 0.29) is 4.90 Å². The van der Waals surface area contributed by atoms with Gasteiger partial charge in [0.25, 0.3) is 0 Å². The van der Waals surface area contributed by atoms with Gasteiger partial charge in [0.05, 0.1) is 18.6 Å². The first-order valence-corrected chi connectivity index (χ1v) is 7.67. The summed E-state index contributed by atoms with van der Waals surface area (Å²) in [6.45, 7) is 6.63. The summed E-state index contributed by atoms with van der Waals surface area (Å²) in [7, 11) is 0.800. The van der Waals surface area contributed by atoms with Gasteiger partial charge in [0, 0.05) is 7.05 Å². The molecule has 0 saturated heterocycles. The van der Waals surface area contributed by atoms with Gasteiger partial charge in [-0.3, -0.25) is 9.59 Å². The number of hydrogen-bond acceptors (Lipinski definition) is 5. The number of carbonyl (C=O) groups is 3. The normalized spacial score (nSPS) is 15.2. The number of alkyl halides is 3. The van der Waals surface area contributed by atoms with Crippen LogP contribution in [0.4, 0.5) is 13.2 Å². The number of esters is 2. The number of hydrogen-bond donors (Lipinski definition) is 0. The Bertz CT molecular complexity index is 453. The molecule has 0 aliphatic rings. The summed E-state index contributed by atoms with van der Waals surface area (Å²) < 4.78 is 47.7. The van der Waals surface area contributed by atoms with Crippen LogP contribution < -0.4 is 0 Å². The fraction of sp³-hybridized carbons (Fsp3) is 0.800. The van der Waals surface area contributed by atoms with Crippen molar-refractivity contribution < 1.29 is 37.0 Å². The Morgan fingerprint density at radius 3 is 1.88 bits per heavy atom. The van der Waals surface area contributed by atoms with Crippen molar-refractivity contribution in [1.82, 2.24) is 4.90 Å². The lowest BCUT2D eigenvalue weighted by Crippen LogP contribution is -2.50. The summed E-state index contributed by atoms with van der Waals surface area (Å²) in [5, 5.41) is 0. The average Bonchev–Trinajstić information content (AvgIpc) is 2.49. The Morgan fingerprint density at radius 2 is 1.46 bits per heavy atom. The Kier molecular flexibility index (Phi) is 8.77. The SMILES string of the molecule is CCC(C)OC(=O)C[C@@H](C(=O)OC(C)CC)N(C)C(=O)C(F)(F)F. The molecule has 0 aromatic rings. The van der Waals surface area contributed by atoms with Crippen LogP contribution in [-0.4, -0.2) is 54.2 Å². The van der Waals surface area contributed by atoms with E-state index in [2.05, 4.69) is 0 Å². The maximum Gasteiger partial charge on any atom is 0.471 e. The molecule has 0 saturated carbocycles. The topological polar surface area (TPSA) is 72.9 Å². The van der Waals surface area contributed by atoms with Crippen LogP contribution in [0.1, 0.15) is 47.0 Å². The van der Waals surface area contributed by atoms with Gasteiger partial charge >= 0.3 is 24.0 Å². The molecule has 1 amide bonds. The molecule has 0 fully saturated rings. The van der Waals surface area contributed by atoms with Crippen molar-refractivity contribution in [2.45, 2.75) is 71.4 Å². The third kappa shape index (κ3) is 7.18. The minimum atomic E-state index is -5.16. The molecule has 0 aromatic carbocycles. The maximum atomic E-state index is 12.6. The minimum absolute atomic E-state index is 0.169. The number of rotatable bonds is 8. The predicted molar refractivity (Wildman–Crippen MR) is 78.9 cm³/mol. The Morgan fingerprint density at radius 1 is 1.00 bits per heavy atom. The van der Waals surface area contributed by atoms with E-state index in [0.717, 1.165) is 7.05 Å². The first-order chi connectivity index (χ1) is 10.9. The second kappa shape index (κ2) is 9.48. The molecule has 0 N–H and O–H groups in total. The highest BCUT2D eigenvalue weighted by atomic mass is 19.4. The maximum absolute atomic E-state index is 12.6. The summed E-state index contributed by atoms with van der Waals surface area (Å²) in [5.41, 5.74) is 0. The number of ether oxygens (including phenoxy) is 2. The van der Waals surface area contributed by atoms with E-state index in [1.54, 1.807) is 27.7 Å². The Hall–Kier alpha value is -1.80. The van der Waals surface area contributed by atoms with Crippen LogP contribution in [0.5, 0.6) is 0 Å². The van der Waals surface area contributed by atoms with E-state index in [9.17, 15) is 27.6 Å². The lowest BCUT2D eigenvalue weighted by Gasteiger charge is -2.28. The van der Waals surface area contributed by atoms with E-state index in [4.69, 9.17) is 9.47 Å². The zero-order valence-corrected chi connectivity index (χ0v) is 14.5. The summed E-state index contributed by atoms with van der Waals surface area (Å²) >= 11 is 0. The molecule has 0 aliphatic carbocycles. The van der Waals surface area contributed by atoms with Gasteiger partial charge in [-0.05, 0) is 26.7 Å². The van der Waals surface area contributed by atoms with Gasteiger partial charge in [-0.15, -0.1) is 0 Å². The highest BCUT2D eigenvalue weighted by molar-refractivity contribution is 5.90.